The van der Waals surface area contributed by atoms with E-state index < -0.39 is 5.91 Å². The molecule has 0 aliphatic rings. The van der Waals surface area contributed by atoms with Crippen LogP contribution in [0.1, 0.15) is 28.9 Å². The van der Waals surface area contributed by atoms with E-state index in [4.69, 9.17) is 16.2 Å². The number of hydrogen-bond acceptors (Lipinski definition) is 3. The van der Waals surface area contributed by atoms with E-state index in [-0.39, 0.29) is 6.04 Å². The Kier molecular flexibility index (Phi) is 4.42. The lowest BCUT2D eigenvalue weighted by molar-refractivity contribution is 0.100. The molecular weight excluding hydrogens is 320 g/mol. The molecule has 4 N–H and O–H groups in total. The molecule has 104 valence electrons. The Morgan fingerprint density at radius 2 is 1.75 bits per heavy atom. The molecule has 1 atom stereocenters. The van der Waals surface area contributed by atoms with Crippen LogP contribution in [0.15, 0.2) is 46.9 Å². The summed E-state index contributed by atoms with van der Waals surface area (Å²) < 4.78 is 6.61. The molecule has 0 unspecified atom stereocenters. The number of benzene rings is 2. The summed E-state index contributed by atoms with van der Waals surface area (Å²) in [6, 6.07) is 12.2. The Hall–Kier alpha value is -1.85. The maximum atomic E-state index is 11.0. The topological polar surface area (TPSA) is 78.3 Å². The number of hydrogen-bond donors (Lipinski definition) is 2. The number of rotatable bonds is 4. The summed E-state index contributed by atoms with van der Waals surface area (Å²) in [5, 5.41) is 0. The number of halogens is 1. The fourth-order valence-corrected chi connectivity index (χ4v) is 2.48. The van der Waals surface area contributed by atoms with Crippen LogP contribution >= 0.6 is 15.9 Å². The highest BCUT2D eigenvalue weighted by Crippen LogP contribution is 2.29. The average molecular weight is 335 g/mol. The van der Waals surface area contributed by atoms with Crippen LogP contribution in [0.25, 0.3) is 0 Å². The number of nitrogens with two attached hydrogens (primary N) is 2. The van der Waals surface area contributed by atoms with Crippen LogP contribution in [-0.2, 0) is 0 Å². The fourth-order valence-electron chi connectivity index (χ4n) is 1.76. The lowest BCUT2D eigenvalue weighted by atomic mass is 10.1. The standard InChI is InChI=1S/C15H15BrN2O2/c1-9(17)13-7-6-12(8-14(13)16)20-11-4-2-10(3-5-11)15(18)19/h2-9H,17H2,1H3,(H2,18,19)/t9-/m1/s1. The molecule has 0 saturated heterocycles. The van der Waals surface area contributed by atoms with Gasteiger partial charge < -0.3 is 16.2 Å². The van der Waals surface area contributed by atoms with Crippen molar-refractivity contribution < 1.29 is 9.53 Å². The Morgan fingerprint density at radius 3 is 2.25 bits per heavy atom. The van der Waals surface area contributed by atoms with Crippen LogP contribution in [0, 0.1) is 0 Å². The zero-order chi connectivity index (χ0) is 14.7. The van der Waals surface area contributed by atoms with E-state index in [0.29, 0.717) is 17.1 Å². The first-order valence-electron chi connectivity index (χ1n) is 6.10. The quantitative estimate of drug-likeness (QED) is 0.899. The highest BCUT2D eigenvalue weighted by atomic mass is 79.9. The molecule has 1 amide bonds. The molecule has 4 nitrogen and oxygen atoms in total. The van der Waals surface area contributed by atoms with Crippen LogP contribution < -0.4 is 16.2 Å². The Labute approximate surface area is 125 Å². The van der Waals surface area contributed by atoms with Crippen molar-refractivity contribution >= 4 is 21.8 Å². The van der Waals surface area contributed by atoms with E-state index in [9.17, 15) is 4.79 Å². The second kappa shape index (κ2) is 6.07. The number of carbonyl (C=O) groups is 1. The van der Waals surface area contributed by atoms with Crippen molar-refractivity contribution in [3.05, 3.63) is 58.1 Å². The molecule has 0 fully saturated rings. The SMILES string of the molecule is C[C@@H](N)c1ccc(Oc2ccc(C(N)=O)cc2)cc1Br. The molecule has 0 aliphatic carbocycles. The van der Waals surface area contributed by atoms with Gasteiger partial charge in [0.1, 0.15) is 11.5 Å². The molecule has 20 heavy (non-hydrogen) atoms. The predicted octanol–water partition coefficient (Wildman–Crippen LogP) is 3.36. The lowest BCUT2D eigenvalue weighted by Gasteiger charge is -2.11. The largest absolute Gasteiger partial charge is 0.457 e. The van der Waals surface area contributed by atoms with Gasteiger partial charge in [-0.2, -0.15) is 0 Å². The van der Waals surface area contributed by atoms with Crippen LogP contribution in [0.3, 0.4) is 0 Å². The van der Waals surface area contributed by atoms with E-state index in [1.54, 1.807) is 24.3 Å². The van der Waals surface area contributed by atoms with Gasteiger partial charge in [-0.05, 0) is 48.9 Å². The van der Waals surface area contributed by atoms with E-state index >= 15 is 0 Å². The third-order valence-electron chi connectivity index (χ3n) is 2.84. The van der Waals surface area contributed by atoms with Gasteiger partial charge in [-0.1, -0.05) is 22.0 Å². The van der Waals surface area contributed by atoms with Gasteiger partial charge in [0.05, 0.1) is 0 Å². The Balaban J connectivity index is 2.17. The van der Waals surface area contributed by atoms with Crippen molar-refractivity contribution in [2.24, 2.45) is 11.5 Å². The minimum Gasteiger partial charge on any atom is -0.457 e. The molecule has 0 radical (unpaired) electrons. The zero-order valence-electron chi connectivity index (χ0n) is 11.0. The predicted molar refractivity (Wildman–Crippen MR) is 81.8 cm³/mol. The zero-order valence-corrected chi connectivity index (χ0v) is 12.6. The van der Waals surface area contributed by atoms with E-state index in [2.05, 4.69) is 15.9 Å². The second-order valence-electron chi connectivity index (χ2n) is 4.46. The molecule has 5 heteroatoms. The van der Waals surface area contributed by atoms with E-state index in [1.165, 1.54) is 0 Å². The van der Waals surface area contributed by atoms with Gasteiger partial charge in [0, 0.05) is 16.1 Å². The smallest absolute Gasteiger partial charge is 0.248 e. The third kappa shape index (κ3) is 3.37. The molecular formula is C15H15BrN2O2. The van der Waals surface area contributed by atoms with Crippen LogP contribution in [0.4, 0.5) is 0 Å². The molecule has 0 heterocycles. The van der Waals surface area contributed by atoms with Gasteiger partial charge in [0.15, 0.2) is 0 Å². The van der Waals surface area contributed by atoms with Crippen molar-refractivity contribution in [3.63, 3.8) is 0 Å². The molecule has 0 aliphatic heterocycles. The van der Waals surface area contributed by atoms with Crippen molar-refractivity contribution in [1.82, 2.24) is 0 Å². The van der Waals surface area contributed by atoms with Gasteiger partial charge in [0.25, 0.3) is 0 Å². The van der Waals surface area contributed by atoms with E-state index in [0.717, 1.165) is 10.0 Å². The highest BCUT2D eigenvalue weighted by Gasteiger charge is 2.07. The Morgan fingerprint density at radius 1 is 1.15 bits per heavy atom. The molecule has 2 aromatic carbocycles. The number of carbonyl (C=O) groups excluding carboxylic acids is 1. The number of primary amides is 1. The first-order valence-corrected chi connectivity index (χ1v) is 6.89. The van der Waals surface area contributed by atoms with Gasteiger partial charge >= 0.3 is 0 Å². The van der Waals surface area contributed by atoms with Crippen molar-refractivity contribution in [2.75, 3.05) is 0 Å². The van der Waals surface area contributed by atoms with Crippen molar-refractivity contribution in [2.45, 2.75) is 13.0 Å². The maximum Gasteiger partial charge on any atom is 0.248 e. The normalized spacial score (nSPS) is 11.9. The first-order chi connectivity index (χ1) is 9.47. The Bertz CT molecular complexity index is 624. The fraction of sp³-hybridized carbons (Fsp3) is 0.133. The summed E-state index contributed by atoms with van der Waals surface area (Å²) in [5.41, 5.74) is 12.5. The lowest BCUT2D eigenvalue weighted by Crippen LogP contribution is -2.10. The van der Waals surface area contributed by atoms with Gasteiger partial charge in [-0.15, -0.1) is 0 Å². The van der Waals surface area contributed by atoms with Crippen LogP contribution in [0.2, 0.25) is 0 Å². The van der Waals surface area contributed by atoms with Gasteiger partial charge in [0.2, 0.25) is 5.91 Å². The number of amides is 1. The molecule has 2 rings (SSSR count). The van der Waals surface area contributed by atoms with Gasteiger partial charge in [-0.25, -0.2) is 0 Å². The molecule has 0 spiro atoms. The summed E-state index contributed by atoms with van der Waals surface area (Å²) >= 11 is 3.47. The minimum absolute atomic E-state index is 0.0479. The van der Waals surface area contributed by atoms with E-state index in [1.807, 2.05) is 25.1 Å². The van der Waals surface area contributed by atoms with Crippen molar-refractivity contribution in [1.29, 1.82) is 0 Å². The summed E-state index contributed by atoms with van der Waals surface area (Å²) in [6.07, 6.45) is 0. The van der Waals surface area contributed by atoms with Crippen LogP contribution in [0.5, 0.6) is 11.5 Å². The highest BCUT2D eigenvalue weighted by molar-refractivity contribution is 9.10. The first kappa shape index (κ1) is 14.6. The third-order valence-corrected chi connectivity index (χ3v) is 3.52. The molecule has 0 bridgehead atoms. The number of ether oxygens (including phenoxy) is 1. The summed E-state index contributed by atoms with van der Waals surface area (Å²) in [6.45, 7) is 1.92. The average Bonchev–Trinajstić information content (AvgIpc) is 2.39. The van der Waals surface area contributed by atoms with Crippen molar-refractivity contribution in [3.8, 4) is 11.5 Å². The minimum atomic E-state index is -0.458. The van der Waals surface area contributed by atoms with Gasteiger partial charge in [-0.3, -0.25) is 4.79 Å². The monoisotopic (exact) mass is 334 g/mol. The summed E-state index contributed by atoms with van der Waals surface area (Å²) in [5.74, 6) is 0.865. The summed E-state index contributed by atoms with van der Waals surface area (Å²) in [7, 11) is 0. The summed E-state index contributed by atoms with van der Waals surface area (Å²) in [4.78, 5) is 11.0. The van der Waals surface area contributed by atoms with Crippen LogP contribution in [-0.4, -0.2) is 5.91 Å². The molecule has 2 aromatic rings. The molecule has 0 saturated carbocycles. The second-order valence-corrected chi connectivity index (χ2v) is 5.32. The molecule has 0 aromatic heterocycles. The maximum absolute atomic E-state index is 11.0.